The minimum absolute atomic E-state index is 1.07. The summed E-state index contributed by atoms with van der Waals surface area (Å²) in [6.45, 7) is 2.00. The van der Waals surface area contributed by atoms with Crippen molar-refractivity contribution in [1.29, 1.82) is 0 Å². The first-order valence-electron chi connectivity index (χ1n) is 3.64. The van der Waals surface area contributed by atoms with Gasteiger partial charge in [0, 0.05) is 6.20 Å². The molecule has 0 heterocycles. The molecular formula is C10H9NO. The van der Waals surface area contributed by atoms with Gasteiger partial charge < -0.3 is 0 Å². The van der Waals surface area contributed by atoms with E-state index in [1.54, 1.807) is 6.08 Å². The first kappa shape index (κ1) is 8.44. The maximum atomic E-state index is 9.74. The van der Waals surface area contributed by atoms with E-state index in [0.29, 0.717) is 0 Å². The van der Waals surface area contributed by atoms with E-state index >= 15 is 0 Å². The highest BCUT2D eigenvalue weighted by molar-refractivity contribution is 5.54. The summed E-state index contributed by atoms with van der Waals surface area (Å²) in [5.41, 5.74) is 2.23. The number of hydrogen-bond donors (Lipinski definition) is 0. The van der Waals surface area contributed by atoms with Crippen LogP contribution in [0.15, 0.2) is 35.5 Å². The molecule has 0 radical (unpaired) electrons. The largest absolute Gasteiger partial charge is 0.239 e. The predicted molar refractivity (Wildman–Crippen MR) is 48.3 cm³/mol. The van der Waals surface area contributed by atoms with Crippen LogP contribution in [0.25, 0.3) is 6.08 Å². The van der Waals surface area contributed by atoms with Gasteiger partial charge in [-0.1, -0.05) is 24.3 Å². The molecule has 0 fully saturated rings. The molecule has 0 saturated heterocycles. The van der Waals surface area contributed by atoms with Gasteiger partial charge in [-0.05, 0) is 24.1 Å². The van der Waals surface area contributed by atoms with Gasteiger partial charge in [0.1, 0.15) is 0 Å². The third-order valence-electron chi connectivity index (χ3n) is 1.57. The van der Waals surface area contributed by atoms with Crippen LogP contribution in [0.4, 0.5) is 0 Å². The molecule has 2 heteroatoms. The van der Waals surface area contributed by atoms with Gasteiger partial charge in [-0.2, -0.15) is 4.99 Å². The molecule has 0 N–H and O–H groups in total. The fourth-order valence-corrected chi connectivity index (χ4v) is 0.922. The maximum absolute atomic E-state index is 9.74. The van der Waals surface area contributed by atoms with Crippen LogP contribution in [-0.2, 0) is 4.79 Å². The van der Waals surface area contributed by atoms with Crippen molar-refractivity contribution in [3.8, 4) is 0 Å². The summed E-state index contributed by atoms with van der Waals surface area (Å²) in [5.74, 6) is 0. The third-order valence-corrected chi connectivity index (χ3v) is 1.57. The lowest BCUT2D eigenvalue weighted by Crippen LogP contribution is -1.76. The summed E-state index contributed by atoms with van der Waals surface area (Å²) in [7, 11) is 0. The van der Waals surface area contributed by atoms with E-state index in [9.17, 15) is 4.79 Å². The van der Waals surface area contributed by atoms with E-state index in [1.807, 2.05) is 31.2 Å². The summed E-state index contributed by atoms with van der Waals surface area (Å²) in [4.78, 5) is 13.1. The Bertz CT molecular complexity index is 335. The summed E-state index contributed by atoms with van der Waals surface area (Å²) >= 11 is 0. The summed E-state index contributed by atoms with van der Waals surface area (Å²) in [6, 6.07) is 7.88. The fraction of sp³-hybridized carbons (Fsp3) is 0.100. The molecule has 0 unspecified atom stereocenters. The lowest BCUT2D eigenvalue weighted by atomic mass is 10.1. The van der Waals surface area contributed by atoms with E-state index in [1.165, 1.54) is 12.3 Å². The fourth-order valence-electron chi connectivity index (χ4n) is 0.922. The van der Waals surface area contributed by atoms with Gasteiger partial charge in [0.25, 0.3) is 0 Å². The van der Waals surface area contributed by atoms with Crippen LogP contribution >= 0.6 is 0 Å². The van der Waals surface area contributed by atoms with E-state index < -0.39 is 0 Å². The Kier molecular flexibility index (Phi) is 3.00. The van der Waals surface area contributed by atoms with E-state index in [0.717, 1.165) is 11.1 Å². The Morgan fingerprint density at radius 3 is 2.83 bits per heavy atom. The molecule has 0 saturated carbocycles. The number of benzene rings is 1. The molecule has 0 aromatic heterocycles. The topological polar surface area (TPSA) is 29.4 Å². The smallest absolute Gasteiger partial charge is 0.211 e. The number of isocyanates is 1. The van der Waals surface area contributed by atoms with Crippen molar-refractivity contribution in [2.24, 2.45) is 4.99 Å². The van der Waals surface area contributed by atoms with Crippen LogP contribution in [0.1, 0.15) is 11.1 Å². The monoisotopic (exact) mass is 159 g/mol. The number of carbonyl (C=O) groups excluding carboxylic acids is 1. The third kappa shape index (κ3) is 2.19. The van der Waals surface area contributed by atoms with Crippen molar-refractivity contribution in [1.82, 2.24) is 0 Å². The lowest BCUT2D eigenvalue weighted by Gasteiger charge is -1.95. The van der Waals surface area contributed by atoms with Crippen molar-refractivity contribution in [3.63, 3.8) is 0 Å². The Balaban J connectivity index is 2.89. The second-order valence-corrected chi connectivity index (χ2v) is 2.39. The number of aryl methyl sites for hydroxylation is 1. The van der Waals surface area contributed by atoms with Crippen LogP contribution < -0.4 is 0 Å². The molecule has 1 aromatic rings. The number of hydrogen-bond acceptors (Lipinski definition) is 2. The summed E-state index contributed by atoms with van der Waals surface area (Å²) in [6.07, 6.45) is 4.66. The number of aliphatic imine (C=N–C) groups is 1. The summed E-state index contributed by atoms with van der Waals surface area (Å²) in [5, 5.41) is 0. The van der Waals surface area contributed by atoms with Crippen LogP contribution in [0, 0.1) is 6.92 Å². The summed E-state index contributed by atoms with van der Waals surface area (Å²) < 4.78 is 0. The highest BCUT2D eigenvalue weighted by Gasteiger charge is 1.88. The Morgan fingerprint density at radius 1 is 1.42 bits per heavy atom. The van der Waals surface area contributed by atoms with Crippen molar-refractivity contribution in [2.45, 2.75) is 6.92 Å². The molecule has 0 aliphatic rings. The first-order valence-corrected chi connectivity index (χ1v) is 3.64. The lowest BCUT2D eigenvalue weighted by molar-refractivity contribution is 0.565. The van der Waals surface area contributed by atoms with Gasteiger partial charge in [0.05, 0.1) is 0 Å². The zero-order valence-electron chi connectivity index (χ0n) is 6.82. The van der Waals surface area contributed by atoms with Crippen LogP contribution in [0.2, 0.25) is 0 Å². The van der Waals surface area contributed by atoms with Crippen LogP contribution in [0.5, 0.6) is 0 Å². The number of nitrogens with zero attached hydrogens (tertiary/aromatic N) is 1. The molecule has 0 bridgehead atoms. The molecular weight excluding hydrogens is 150 g/mol. The molecule has 0 amide bonds. The van der Waals surface area contributed by atoms with Crippen molar-refractivity contribution in [2.75, 3.05) is 0 Å². The minimum Gasteiger partial charge on any atom is -0.211 e. The average molecular weight is 159 g/mol. The normalized spacial score (nSPS) is 9.75. The Hall–Kier alpha value is -1.66. The molecule has 60 valence electrons. The Labute approximate surface area is 71.3 Å². The first-order chi connectivity index (χ1) is 5.84. The van der Waals surface area contributed by atoms with Crippen molar-refractivity contribution in [3.05, 3.63) is 41.6 Å². The molecule has 0 spiro atoms. The van der Waals surface area contributed by atoms with E-state index in [2.05, 4.69) is 4.99 Å². The quantitative estimate of drug-likeness (QED) is 0.481. The molecule has 2 nitrogen and oxygen atoms in total. The second-order valence-electron chi connectivity index (χ2n) is 2.39. The minimum atomic E-state index is 1.07. The van der Waals surface area contributed by atoms with Gasteiger partial charge in [0.2, 0.25) is 6.08 Å². The molecule has 12 heavy (non-hydrogen) atoms. The maximum Gasteiger partial charge on any atom is 0.239 e. The SMILES string of the molecule is Cc1ccccc1/C=C\N=C=O. The number of rotatable bonds is 2. The van der Waals surface area contributed by atoms with E-state index in [4.69, 9.17) is 0 Å². The zero-order valence-corrected chi connectivity index (χ0v) is 6.82. The van der Waals surface area contributed by atoms with Crippen LogP contribution in [-0.4, -0.2) is 6.08 Å². The highest BCUT2D eigenvalue weighted by Crippen LogP contribution is 2.08. The standard InChI is InChI=1S/C10H9NO/c1-9-4-2-3-5-10(9)6-7-11-8-12/h2-7H,1H3/b7-6-. The van der Waals surface area contributed by atoms with Crippen LogP contribution in [0.3, 0.4) is 0 Å². The Morgan fingerprint density at radius 2 is 2.17 bits per heavy atom. The van der Waals surface area contributed by atoms with Gasteiger partial charge in [-0.25, -0.2) is 4.79 Å². The van der Waals surface area contributed by atoms with E-state index in [-0.39, 0.29) is 0 Å². The average Bonchev–Trinajstić information content (AvgIpc) is 2.09. The van der Waals surface area contributed by atoms with Gasteiger partial charge in [0.15, 0.2) is 0 Å². The zero-order chi connectivity index (χ0) is 8.81. The molecule has 1 aromatic carbocycles. The molecule has 1 rings (SSSR count). The van der Waals surface area contributed by atoms with Gasteiger partial charge >= 0.3 is 0 Å². The highest BCUT2D eigenvalue weighted by atomic mass is 16.1. The second kappa shape index (κ2) is 4.27. The van der Waals surface area contributed by atoms with Crippen molar-refractivity contribution < 1.29 is 4.79 Å². The van der Waals surface area contributed by atoms with Crippen molar-refractivity contribution >= 4 is 12.2 Å². The molecule has 0 atom stereocenters. The molecule has 0 aliphatic heterocycles. The molecule has 0 aliphatic carbocycles. The predicted octanol–water partition coefficient (Wildman–Crippen LogP) is 2.30. The van der Waals surface area contributed by atoms with Gasteiger partial charge in [-0.3, -0.25) is 0 Å². The van der Waals surface area contributed by atoms with Gasteiger partial charge in [-0.15, -0.1) is 0 Å².